The number of nitrogens with two attached hydrogens (primary N) is 2. The Hall–Kier alpha value is -0.340. The quantitative estimate of drug-likeness (QED) is 0.448. The number of hydrogen-bond acceptors (Lipinski definition) is 2. The molecule has 2 heteroatoms. The maximum atomic E-state index is 5.39. The molecule has 0 spiro atoms. The van der Waals surface area contributed by atoms with Gasteiger partial charge in [0.25, 0.3) is 0 Å². The van der Waals surface area contributed by atoms with Crippen molar-refractivity contribution >= 4 is 0 Å². The molecule has 0 saturated heterocycles. The minimum atomic E-state index is -0.146. The highest BCUT2D eigenvalue weighted by Crippen LogP contribution is 2.09. The van der Waals surface area contributed by atoms with Crippen molar-refractivity contribution in [3.05, 3.63) is 12.7 Å². The standard InChI is InChI=1S/C8H18N2/c1-3-4-7(2)5-6-8(9)10/h3,7-8H,1,4-6,9-10H2,2H3. The molecule has 0 rings (SSSR count). The Balaban J connectivity index is 3.20. The monoisotopic (exact) mass is 142 g/mol. The van der Waals surface area contributed by atoms with E-state index in [2.05, 4.69) is 13.5 Å². The van der Waals surface area contributed by atoms with Crippen LogP contribution in [-0.2, 0) is 0 Å². The smallest absolute Gasteiger partial charge is 0.0520 e. The number of allylic oxidation sites excluding steroid dienone is 1. The van der Waals surface area contributed by atoms with Crippen molar-refractivity contribution < 1.29 is 0 Å². The van der Waals surface area contributed by atoms with Crippen LogP contribution >= 0.6 is 0 Å². The van der Waals surface area contributed by atoms with Gasteiger partial charge in [-0.15, -0.1) is 6.58 Å². The summed E-state index contributed by atoms with van der Waals surface area (Å²) in [5, 5.41) is 0. The van der Waals surface area contributed by atoms with Crippen molar-refractivity contribution in [3.63, 3.8) is 0 Å². The predicted molar refractivity (Wildman–Crippen MR) is 45.4 cm³/mol. The molecule has 1 unspecified atom stereocenters. The van der Waals surface area contributed by atoms with E-state index in [4.69, 9.17) is 11.5 Å². The molecule has 4 N–H and O–H groups in total. The Morgan fingerprint density at radius 1 is 1.40 bits per heavy atom. The second-order valence-electron chi connectivity index (χ2n) is 2.87. The van der Waals surface area contributed by atoms with Gasteiger partial charge in [0.15, 0.2) is 0 Å². The van der Waals surface area contributed by atoms with Gasteiger partial charge in [-0.2, -0.15) is 0 Å². The first-order chi connectivity index (χ1) is 4.66. The average Bonchev–Trinajstić information content (AvgIpc) is 1.85. The van der Waals surface area contributed by atoms with Crippen molar-refractivity contribution in [1.82, 2.24) is 0 Å². The Kier molecular flexibility index (Phi) is 5.26. The summed E-state index contributed by atoms with van der Waals surface area (Å²) >= 11 is 0. The van der Waals surface area contributed by atoms with Gasteiger partial charge in [-0.1, -0.05) is 13.0 Å². The Labute approximate surface area is 63.3 Å². The van der Waals surface area contributed by atoms with E-state index in [0.29, 0.717) is 5.92 Å². The lowest BCUT2D eigenvalue weighted by atomic mass is 10.0. The van der Waals surface area contributed by atoms with Crippen molar-refractivity contribution in [2.24, 2.45) is 17.4 Å². The number of hydrogen-bond donors (Lipinski definition) is 2. The fourth-order valence-corrected chi connectivity index (χ4v) is 0.879. The van der Waals surface area contributed by atoms with Crippen molar-refractivity contribution in [3.8, 4) is 0 Å². The van der Waals surface area contributed by atoms with Gasteiger partial charge in [-0.05, 0) is 25.2 Å². The van der Waals surface area contributed by atoms with Crippen LogP contribution in [0.2, 0.25) is 0 Å². The van der Waals surface area contributed by atoms with Crippen LogP contribution in [0.5, 0.6) is 0 Å². The van der Waals surface area contributed by atoms with E-state index in [1.54, 1.807) is 0 Å². The van der Waals surface area contributed by atoms with Crippen LogP contribution in [0.1, 0.15) is 26.2 Å². The molecule has 0 fully saturated rings. The third-order valence-electron chi connectivity index (χ3n) is 1.56. The molecule has 0 aliphatic carbocycles. The molecule has 0 aliphatic rings. The van der Waals surface area contributed by atoms with E-state index >= 15 is 0 Å². The third kappa shape index (κ3) is 5.79. The molecular weight excluding hydrogens is 124 g/mol. The first kappa shape index (κ1) is 9.66. The Morgan fingerprint density at radius 3 is 2.40 bits per heavy atom. The molecule has 0 aromatic carbocycles. The second kappa shape index (κ2) is 5.45. The normalized spacial score (nSPS) is 13.6. The molecule has 0 saturated carbocycles. The fourth-order valence-electron chi connectivity index (χ4n) is 0.879. The van der Waals surface area contributed by atoms with Gasteiger partial charge >= 0.3 is 0 Å². The first-order valence-corrected chi connectivity index (χ1v) is 3.79. The summed E-state index contributed by atoms with van der Waals surface area (Å²) in [5.41, 5.74) is 10.8. The van der Waals surface area contributed by atoms with Crippen LogP contribution in [0.4, 0.5) is 0 Å². The van der Waals surface area contributed by atoms with E-state index in [1.165, 1.54) is 0 Å². The molecular formula is C8H18N2. The van der Waals surface area contributed by atoms with Gasteiger partial charge in [0.05, 0.1) is 6.17 Å². The summed E-state index contributed by atoms with van der Waals surface area (Å²) in [6.07, 6.45) is 4.87. The molecule has 0 aliphatic heterocycles. The van der Waals surface area contributed by atoms with Crippen LogP contribution in [0.3, 0.4) is 0 Å². The first-order valence-electron chi connectivity index (χ1n) is 3.79. The predicted octanol–water partition coefficient (Wildman–Crippen LogP) is 1.22. The summed E-state index contributed by atoms with van der Waals surface area (Å²) in [6, 6.07) is 0. The van der Waals surface area contributed by atoms with E-state index in [-0.39, 0.29) is 6.17 Å². The van der Waals surface area contributed by atoms with Gasteiger partial charge in [-0.3, -0.25) is 0 Å². The zero-order chi connectivity index (χ0) is 7.98. The summed E-state index contributed by atoms with van der Waals surface area (Å²) in [4.78, 5) is 0. The summed E-state index contributed by atoms with van der Waals surface area (Å²) in [5.74, 6) is 0.673. The summed E-state index contributed by atoms with van der Waals surface area (Å²) < 4.78 is 0. The van der Waals surface area contributed by atoms with Crippen LogP contribution in [-0.4, -0.2) is 6.17 Å². The molecule has 1 atom stereocenters. The Bertz CT molecular complexity index is 89.3. The van der Waals surface area contributed by atoms with Crippen molar-refractivity contribution in [2.45, 2.75) is 32.4 Å². The molecule has 2 nitrogen and oxygen atoms in total. The minimum absolute atomic E-state index is 0.146. The van der Waals surface area contributed by atoms with Gasteiger partial charge in [0.2, 0.25) is 0 Å². The van der Waals surface area contributed by atoms with Gasteiger partial charge < -0.3 is 11.5 Å². The lowest BCUT2D eigenvalue weighted by molar-refractivity contribution is 0.478. The Morgan fingerprint density at radius 2 is 2.00 bits per heavy atom. The highest BCUT2D eigenvalue weighted by Gasteiger charge is 2.00. The van der Waals surface area contributed by atoms with Crippen LogP contribution in [0.15, 0.2) is 12.7 Å². The van der Waals surface area contributed by atoms with Crippen LogP contribution < -0.4 is 11.5 Å². The third-order valence-corrected chi connectivity index (χ3v) is 1.56. The van der Waals surface area contributed by atoms with Gasteiger partial charge in [-0.25, -0.2) is 0 Å². The van der Waals surface area contributed by atoms with E-state index in [9.17, 15) is 0 Å². The highest BCUT2D eigenvalue weighted by molar-refractivity contribution is 4.71. The molecule has 0 bridgehead atoms. The van der Waals surface area contributed by atoms with Gasteiger partial charge in [0.1, 0.15) is 0 Å². The highest BCUT2D eigenvalue weighted by atomic mass is 14.8. The maximum Gasteiger partial charge on any atom is 0.0520 e. The maximum absolute atomic E-state index is 5.39. The average molecular weight is 142 g/mol. The molecule has 0 amide bonds. The summed E-state index contributed by atoms with van der Waals surface area (Å²) in [7, 11) is 0. The van der Waals surface area contributed by atoms with Gasteiger partial charge in [0, 0.05) is 0 Å². The lowest BCUT2D eigenvalue weighted by Crippen LogP contribution is -2.30. The van der Waals surface area contributed by atoms with Crippen molar-refractivity contribution in [1.29, 1.82) is 0 Å². The largest absolute Gasteiger partial charge is 0.316 e. The zero-order valence-corrected chi connectivity index (χ0v) is 6.72. The van der Waals surface area contributed by atoms with E-state index < -0.39 is 0 Å². The molecule has 0 aromatic heterocycles. The van der Waals surface area contributed by atoms with E-state index in [0.717, 1.165) is 19.3 Å². The molecule has 60 valence electrons. The van der Waals surface area contributed by atoms with E-state index in [1.807, 2.05) is 6.08 Å². The fraction of sp³-hybridized carbons (Fsp3) is 0.750. The lowest BCUT2D eigenvalue weighted by Gasteiger charge is -2.09. The van der Waals surface area contributed by atoms with Crippen LogP contribution in [0, 0.1) is 5.92 Å². The van der Waals surface area contributed by atoms with Crippen LogP contribution in [0.25, 0.3) is 0 Å². The molecule has 10 heavy (non-hydrogen) atoms. The SMILES string of the molecule is C=CCC(C)CCC(N)N. The topological polar surface area (TPSA) is 52.0 Å². The minimum Gasteiger partial charge on any atom is -0.316 e. The molecule has 0 aromatic rings. The van der Waals surface area contributed by atoms with Crippen molar-refractivity contribution in [2.75, 3.05) is 0 Å². The molecule has 0 heterocycles. The molecule has 0 radical (unpaired) electrons. The zero-order valence-electron chi connectivity index (χ0n) is 6.72. The summed E-state index contributed by atoms with van der Waals surface area (Å²) in [6.45, 7) is 5.85. The second-order valence-corrected chi connectivity index (χ2v) is 2.87. The number of rotatable bonds is 5.